The third-order valence-electron chi connectivity index (χ3n) is 6.77. The number of ketones is 1. The largest absolute Gasteiger partial charge is 0.496 e. The molecule has 216 valence electrons. The van der Waals surface area contributed by atoms with Gasteiger partial charge in [-0.05, 0) is 72.2 Å². The lowest BCUT2D eigenvalue weighted by Crippen LogP contribution is -2.55. The second-order valence-corrected chi connectivity index (χ2v) is 10.8. The van der Waals surface area contributed by atoms with Crippen molar-refractivity contribution in [3.63, 3.8) is 0 Å². The predicted molar refractivity (Wildman–Crippen MR) is 159 cm³/mol. The van der Waals surface area contributed by atoms with E-state index in [1.807, 2.05) is 42.5 Å². The quantitative estimate of drug-likeness (QED) is 0.265. The topological polar surface area (TPSA) is 125 Å². The molecule has 0 heterocycles. The van der Waals surface area contributed by atoms with Crippen molar-refractivity contribution in [2.45, 2.75) is 57.3 Å². The van der Waals surface area contributed by atoms with Gasteiger partial charge in [0.25, 0.3) is 0 Å². The first-order valence-corrected chi connectivity index (χ1v) is 14.4. The first kappa shape index (κ1) is 31.6. The Bertz CT molecular complexity index is 1200. The summed E-state index contributed by atoms with van der Waals surface area (Å²) in [6.45, 7) is 1.62. The summed E-state index contributed by atoms with van der Waals surface area (Å²) < 4.78 is 12.5. The molecule has 2 aromatic rings. The number of carbonyl (C=O) groups is 3. The summed E-state index contributed by atoms with van der Waals surface area (Å²) in [7, 11) is 1.59. The Morgan fingerprint density at radius 2 is 1.77 bits per heavy atom. The maximum atomic E-state index is 13.6. The summed E-state index contributed by atoms with van der Waals surface area (Å²) in [5.74, 6) is 0.635. The van der Waals surface area contributed by atoms with Crippen molar-refractivity contribution in [3.8, 4) is 11.5 Å². The third kappa shape index (κ3) is 8.77. The van der Waals surface area contributed by atoms with Gasteiger partial charge in [-0.2, -0.15) is 0 Å². The average Bonchev–Trinajstić information content (AvgIpc) is 2.94. The van der Waals surface area contributed by atoms with Crippen LogP contribution in [0.15, 0.2) is 60.2 Å². The Hall–Kier alpha value is -2.96. The van der Waals surface area contributed by atoms with E-state index in [1.54, 1.807) is 24.2 Å². The molecule has 0 aromatic heterocycles. The molecular weight excluding hydrogens is 627 g/mol. The Morgan fingerprint density at radius 3 is 2.45 bits per heavy atom. The van der Waals surface area contributed by atoms with Crippen LogP contribution in [-0.2, 0) is 20.8 Å². The van der Waals surface area contributed by atoms with Crippen molar-refractivity contribution in [3.05, 3.63) is 69.3 Å². The number of carbonyl (C=O) groups excluding carboxylic acids is 3. The van der Waals surface area contributed by atoms with Crippen molar-refractivity contribution < 1.29 is 34.1 Å². The SMILES string of the molecule is COc1ccccc1CCN(C(=O)CCCC(C)=O)[C@@H]1CC(C(=O)NCCO)=C[C@H](Oc2ccccc2I)[C@H]1O. The van der Waals surface area contributed by atoms with Crippen LogP contribution in [0, 0.1) is 3.57 Å². The van der Waals surface area contributed by atoms with Gasteiger partial charge in [-0.3, -0.25) is 9.59 Å². The minimum absolute atomic E-state index is 0.00257. The van der Waals surface area contributed by atoms with E-state index in [4.69, 9.17) is 9.47 Å². The minimum atomic E-state index is -1.13. The van der Waals surface area contributed by atoms with Gasteiger partial charge in [0.05, 0.1) is 23.3 Å². The number of halogens is 1. The fraction of sp³-hybridized carbons (Fsp3) is 0.433. The molecule has 1 aliphatic rings. The lowest BCUT2D eigenvalue weighted by Gasteiger charge is -2.40. The fourth-order valence-electron chi connectivity index (χ4n) is 4.72. The summed E-state index contributed by atoms with van der Waals surface area (Å²) in [6.07, 6.45) is 0.944. The molecule has 3 N–H and O–H groups in total. The number of aliphatic hydroxyl groups excluding tert-OH is 2. The Morgan fingerprint density at radius 1 is 1.07 bits per heavy atom. The van der Waals surface area contributed by atoms with Gasteiger partial charge in [-0.15, -0.1) is 0 Å². The molecule has 0 bridgehead atoms. The second kappa shape index (κ2) is 15.7. The van der Waals surface area contributed by atoms with Crippen LogP contribution in [0.3, 0.4) is 0 Å². The zero-order valence-electron chi connectivity index (χ0n) is 22.8. The number of nitrogens with zero attached hydrogens (tertiary/aromatic N) is 1. The van der Waals surface area contributed by atoms with E-state index in [-0.39, 0.29) is 50.6 Å². The molecule has 10 heteroatoms. The zero-order chi connectivity index (χ0) is 29.1. The number of hydrogen-bond donors (Lipinski definition) is 3. The minimum Gasteiger partial charge on any atom is -0.496 e. The van der Waals surface area contributed by atoms with Gasteiger partial charge in [0.2, 0.25) is 11.8 Å². The van der Waals surface area contributed by atoms with E-state index < -0.39 is 24.2 Å². The van der Waals surface area contributed by atoms with Crippen molar-refractivity contribution in [1.82, 2.24) is 10.2 Å². The molecule has 3 rings (SSSR count). The van der Waals surface area contributed by atoms with Crippen LogP contribution in [0.25, 0.3) is 0 Å². The maximum Gasteiger partial charge on any atom is 0.247 e. The van der Waals surface area contributed by atoms with Gasteiger partial charge in [0.15, 0.2) is 0 Å². The van der Waals surface area contributed by atoms with Crippen molar-refractivity contribution in [2.75, 3.05) is 26.8 Å². The highest BCUT2D eigenvalue weighted by Gasteiger charge is 2.40. The Balaban J connectivity index is 1.94. The first-order valence-electron chi connectivity index (χ1n) is 13.3. The molecular formula is C30H37IN2O7. The highest BCUT2D eigenvalue weighted by molar-refractivity contribution is 14.1. The predicted octanol–water partition coefficient (Wildman–Crippen LogP) is 3.05. The molecule has 2 aromatic carbocycles. The number of Topliss-reactive ketones (excluding diaryl/α,β-unsaturated/α-hetero) is 1. The number of para-hydroxylation sites is 2. The van der Waals surface area contributed by atoms with E-state index >= 15 is 0 Å². The number of rotatable bonds is 14. The van der Waals surface area contributed by atoms with Crippen LogP contribution in [0.4, 0.5) is 0 Å². The molecule has 0 saturated heterocycles. The van der Waals surface area contributed by atoms with Gasteiger partial charge >= 0.3 is 0 Å². The lowest BCUT2D eigenvalue weighted by molar-refractivity contribution is -0.138. The number of benzene rings is 2. The molecule has 0 aliphatic heterocycles. The van der Waals surface area contributed by atoms with Crippen LogP contribution in [0.1, 0.15) is 38.2 Å². The fourth-order valence-corrected chi connectivity index (χ4v) is 5.24. The van der Waals surface area contributed by atoms with E-state index in [0.717, 1.165) is 9.13 Å². The molecule has 0 unspecified atom stereocenters. The molecule has 0 radical (unpaired) electrons. The zero-order valence-corrected chi connectivity index (χ0v) is 25.0. The normalized spacial score (nSPS) is 18.4. The molecule has 3 atom stereocenters. The summed E-state index contributed by atoms with van der Waals surface area (Å²) in [5.41, 5.74) is 1.26. The highest BCUT2D eigenvalue weighted by atomic mass is 127. The van der Waals surface area contributed by atoms with Gasteiger partial charge in [0.1, 0.15) is 29.5 Å². The number of nitrogens with one attached hydrogen (secondary N) is 1. The number of ether oxygens (including phenoxy) is 2. The molecule has 2 amide bonds. The van der Waals surface area contributed by atoms with Crippen molar-refractivity contribution >= 4 is 40.2 Å². The highest BCUT2D eigenvalue weighted by Crippen LogP contribution is 2.30. The van der Waals surface area contributed by atoms with Gasteiger partial charge in [-0.25, -0.2) is 0 Å². The van der Waals surface area contributed by atoms with E-state index in [2.05, 4.69) is 27.9 Å². The molecule has 9 nitrogen and oxygen atoms in total. The summed E-state index contributed by atoms with van der Waals surface area (Å²) in [5, 5.41) is 23.4. The third-order valence-corrected chi connectivity index (χ3v) is 7.66. The number of aliphatic hydroxyl groups is 2. The smallest absolute Gasteiger partial charge is 0.247 e. The van der Waals surface area contributed by atoms with E-state index in [9.17, 15) is 24.6 Å². The average molecular weight is 665 g/mol. The standard InChI is InChI=1S/C30H37IN2O7/c1-20(35)8-7-13-28(36)33(16-14-21-9-3-5-11-25(21)39-2)24-18-22(30(38)32-15-17-34)19-27(29(24)37)40-26-12-6-4-10-23(26)31/h3-6,9-12,19,24,27,29,34,37H,7-8,13-18H2,1-2H3,(H,32,38)/t24-,27+,29+/m1/s1. The van der Waals surface area contributed by atoms with E-state index in [0.29, 0.717) is 29.9 Å². The van der Waals surface area contributed by atoms with Crippen LogP contribution < -0.4 is 14.8 Å². The Labute approximate surface area is 248 Å². The van der Waals surface area contributed by atoms with Crippen LogP contribution in [0.2, 0.25) is 0 Å². The van der Waals surface area contributed by atoms with Gasteiger partial charge < -0.3 is 34.7 Å². The van der Waals surface area contributed by atoms with Gasteiger partial charge in [-0.1, -0.05) is 30.3 Å². The number of hydrogen-bond acceptors (Lipinski definition) is 7. The molecule has 0 spiro atoms. The maximum absolute atomic E-state index is 13.6. The number of amides is 2. The second-order valence-electron chi connectivity index (χ2n) is 9.65. The summed E-state index contributed by atoms with van der Waals surface area (Å²) >= 11 is 2.14. The van der Waals surface area contributed by atoms with Crippen molar-refractivity contribution in [2.24, 2.45) is 0 Å². The summed E-state index contributed by atoms with van der Waals surface area (Å²) in [6, 6.07) is 14.1. The van der Waals surface area contributed by atoms with Crippen LogP contribution in [-0.4, -0.2) is 77.8 Å². The lowest BCUT2D eigenvalue weighted by atomic mass is 9.87. The van der Waals surface area contributed by atoms with E-state index in [1.165, 1.54) is 6.92 Å². The Kier molecular flexibility index (Phi) is 12.4. The molecule has 0 saturated carbocycles. The number of methoxy groups -OCH3 is 1. The molecule has 1 aliphatic carbocycles. The monoisotopic (exact) mass is 664 g/mol. The first-order chi connectivity index (χ1) is 19.2. The van der Waals surface area contributed by atoms with Gasteiger partial charge in [0, 0.05) is 37.9 Å². The molecule has 0 fully saturated rings. The molecule has 40 heavy (non-hydrogen) atoms. The summed E-state index contributed by atoms with van der Waals surface area (Å²) in [4.78, 5) is 39.7. The van der Waals surface area contributed by atoms with Crippen molar-refractivity contribution in [1.29, 1.82) is 0 Å². The van der Waals surface area contributed by atoms with Crippen LogP contribution >= 0.6 is 22.6 Å². The van der Waals surface area contributed by atoms with Crippen LogP contribution in [0.5, 0.6) is 11.5 Å².